The van der Waals surface area contributed by atoms with Crippen LogP contribution in [-0.4, -0.2) is 16.1 Å². The molecule has 0 fully saturated rings. The summed E-state index contributed by atoms with van der Waals surface area (Å²) in [5, 5.41) is 10.9. The molecule has 4 rings (SSSR count). The second-order valence-corrected chi connectivity index (χ2v) is 8.97. The molecule has 0 aliphatic carbocycles. The van der Waals surface area contributed by atoms with Gasteiger partial charge in [0, 0.05) is 22.5 Å². The predicted molar refractivity (Wildman–Crippen MR) is 132 cm³/mol. The van der Waals surface area contributed by atoms with Crippen molar-refractivity contribution in [3.05, 3.63) is 101 Å². The highest BCUT2D eigenvalue weighted by Gasteiger charge is 2.15. The summed E-state index contributed by atoms with van der Waals surface area (Å²) in [7, 11) is 0. The van der Waals surface area contributed by atoms with Gasteiger partial charge in [-0.1, -0.05) is 87.0 Å². The molecule has 164 valence electrons. The number of carbonyl (C=O) groups is 1. The molecule has 0 aliphatic rings. The molecule has 3 N–H and O–H groups in total. The normalized spacial score (nSPS) is 11.0. The maximum absolute atomic E-state index is 11.6. The number of nitrogens with two attached hydrogens (primary N) is 1. The van der Waals surface area contributed by atoms with E-state index in [1.165, 1.54) is 5.56 Å². The fourth-order valence-electron chi connectivity index (χ4n) is 3.26. The Balaban J connectivity index is 0.000000269. The number of halogens is 1. The van der Waals surface area contributed by atoms with Gasteiger partial charge in [-0.2, -0.15) is 0 Å². The molecule has 1 aromatic heterocycles. The van der Waals surface area contributed by atoms with Crippen LogP contribution < -0.4 is 5.73 Å². The highest BCUT2D eigenvalue weighted by Crippen LogP contribution is 2.28. The summed E-state index contributed by atoms with van der Waals surface area (Å²) in [6.07, 6.45) is 0. The summed E-state index contributed by atoms with van der Waals surface area (Å²) in [4.78, 5) is 16.2. The fourth-order valence-corrected chi connectivity index (χ4v) is 3.39. The Morgan fingerprint density at radius 1 is 0.969 bits per heavy atom. The predicted octanol–water partition coefficient (Wildman–Crippen LogP) is 6.70. The number of hydrogen-bond donors (Lipinski definition) is 2. The minimum absolute atomic E-state index is 0.0849. The Labute approximate surface area is 193 Å². The zero-order valence-electron chi connectivity index (χ0n) is 18.5. The number of nitrogens with zero attached hydrogens (tertiary/aromatic N) is 1. The monoisotopic (exact) mass is 446 g/mol. The quantitative estimate of drug-likeness (QED) is 0.367. The molecular formula is C27H27ClN2O2. The Morgan fingerprint density at radius 3 is 2.16 bits per heavy atom. The second kappa shape index (κ2) is 9.94. The average molecular weight is 447 g/mol. The van der Waals surface area contributed by atoms with Crippen LogP contribution in [0.4, 0.5) is 0 Å². The summed E-state index contributed by atoms with van der Waals surface area (Å²) >= 11 is 5.63. The van der Waals surface area contributed by atoms with E-state index in [2.05, 4.69) is 37.9 Å². The molecule has 4 nitrogen and oxygen atoms in total. The fraction of sp³-hybridized carbons (Fsp3) is 0.185. The third-order valence-corrected chi connectivity index (χ3v) is 5.39. The summed E-state index contributed by atoms with van der Waals surface area (Å²) < 4.78 is 0. The van der Waals surface area contributed by atoms with Crippen molar-refractivity contribution in [3.63, 3.8) is 0 Å². The van der Waals surface area contributed by atoms with E-state index >= 15 is 0 Å². The number of para-hydroxylation sites is 1. The van der Waals surface area contributed by atoms with Crippen LogP contribution >= 0.6 is 11.6 Å². The van der Waals surface area contributed by atoms with Crippen molar-refractivity contribution in [2.45, 2.75) is 32.7 Å². The van der Waals surface area contributed by atoms with Gasteiger partial charge in [0.15, 0.2) is 0 Å². The molecule has 0 atom stereocenters. The van der Waals surface area contributed by atoms with Crippen molar-refractivity contribution >= 4 is 28.5 Å². The van der Waals surface area contributed by atoms with Gasteiger partial charge in [0.1, 0.15) is 0 Å². The SMILES string of the molecule is CC(C)(C)c1ccc(-c2cc(C(=O)O)c3ccccc3n2)cc1.NCc1ccc(Cl)cc1. The lowest BCUT2D eigenvalue weighted by Crippen LogP contribution is -2.10. The number of benzene rings is 3. The summed E-state index contributed by atoms with van der Waals surface area (Å²) in [6.45, 7) is 7.08. The summed E-state index contributed by atoms with van der Waals surface area (Å²) in [5.41, 5.74) is 10.4. The number of fused-ring (bicyclic) bond motifs is 1. The van der Waals surface area contributed by atoms with Crippen LogP contribution in [0.5, 0.6) is 0 Å². The minimum atomic E-state index is -0.934. The van der Waals surface area contributed by atoms with Crippen molar-refractivity contribution in [1.82, 2.24) is 4.98 Å². The van der Waals surface area contributed by atoms with Crippen LogP contribution in [-0.2, 0) is 12.0 Å². The lowest BCUT2D eigenvalue weighted by Gasteiger charge is -2.19. The first kappa shape index (κ1) is 23.5. The lowest BCUT2D eigenvalue weighted by atomic mass is 9.86. The summed E-state index contributed by atoms with van der Waals surface area (Å²) in [6, 6.07) is 24.6. The lowest BCUT2D eigenvalue weighted by molar-refractivity contribution is 0.0699. The highest BCUT2D eigenvalue weighted by molar-refractivity contribution is 6.30. The zero-order chi connectivity index (χ0) is 23.3. The Kier molecular flexibility index (Phi) is 7.29. The van der Waals surface area contributed by atoms with Gasteiger partial charge >= 0.3 is 5.97 Å². The molecule has 3 aromatic carbocycles. The van der Waals surface area contributed by atoms with E-state index in [-0.39, 0.29) is 11.0 Å². The van der Waals surface area contributed by atoms with Crippen LogP contribution in [0.25, 0.3) is 22.2 Å². The van der Waals surface area contributed by atoms with E-state index in [9.17, 15) is 9.90 Å². The molecule has 5 heteroatoms. The first-order valence-corrected chi connectivity index (χ1v) is 10.8. The first-order chi connectivity index (χ1) is 15.2. The minimum Gasteiger partial charge on any atom is -0.478 e. The molecule has 0 saturated heterocycles. The number of carboxylic acid groups (broad SMARTS) is 1. The van der Waals surface area contributed by atoms with Gasteiger partial charge < -0.3 is 10.8 Å². The number of rotatable bonds is 3. The van der Waals surface area contributed by atoms with Crippen LogP contribution in [0.3, 0.4) is 0 Å². The molecule has 0 radical (unpaired) electrons. The molecule has 32 heavy (non-hydrogen) atoms. The van der Waals surface area contributed by atoms with Gasteiger partial charge in [0.05, 0.1) is 16.8 Å². The molecule has 0 unspecified atom stereocenters. The van der Waals surface area contributed by atoms with Crippen LogP contribution in [0.2, 0.25) is 5.02 Å². The van der Waals surface area contributed by atoms with Gasteiger partial charge in [-0.05, 0) is 40.8 Å². The van der Waals surface area contributed by atoms with Crippen molar-refractivity contribution in [1.29, 1.82) is 0 Å². The molecule has 0 spiro atoms. The van der Waals surface area contributed by atoms with E-state index in [1.807, 2.05) is 54.6 Å². The molecule has 1 heterocycles. The summed E-state index contributed by atoms with van der Waals surface area (Å²) in [5.74, 6) is -0.934. The zero-order valence-corrected chi connectivity index (χ0v) is 19.2. The third-order valence-electron chi connectivity index (χ3n) is 5.14. The van der Waals surface area contributed by atoms with E-state index in [1.54, 1.807) is 12.1 Å². The van der Waals surface area contributed by atoms with E-state index in [0.29, 0.717) is 23.1 Å². The van der Waals surface area contributed by atoms with E-state index < -0.39 is 5.97 Å². The van der Waals surface area contributed by atoms with Gasteiger partial charge in [0.25, 0.3) is 0 Å². The Morgan fingerprint density at radius 2 is 1.59 bits per heavy atom. The Hall–Kier alpha value is -3.21. The second-order valence-electron chi connectivity index (χ2n) is 8.54. The van der Waals surface area contributed by atoms with E-state index in [0.717, 1.165) is 16.1 Å². The maximum atomic E-state index is 11.6. The molecule has 0 aliphatic heterocycles. The molecule has 0 bridgehead atoms. The van der Waals surface area contributed by atoms with Crippen molar-refractivity contribution in [2.75, 3.05) is 0 Å². The average Bonchev–Trinajstić information content (AvgIpc) is 2.78. The van der Waals surface area contributed by atoms with Crippen molar-refractivity contribution in [3.8, 4) is 11.3 Å². The first-order valence-electron chi connectivity index (χ1n) is 10.4. The number of carboxylic acids is 1. The van der Waals surface area contributed by atoms with E-state index in [4.69, 9.17) is 17.3 Å². The molecule has 4 aromatic rings. The van der Waals surface area contributed by atoms with Crippen molar-refractivity contribution in [2.24, 2.45) is 5.73 Å². The molecule has 0 saturated carbocycles. The van der Waals surface area contributed by atoms with Gasteiger partial charge in [-0.3, -0.25) is 0 Å². The van der Waals surface area contributed by atoms with Crippen molar-refractivity contribution < 1.29 is 9.90 Å². The molecular weight excluding hydrogens is 420 g/mol. The highest BCUT2D eigenvalue weighted by atomic mass is 35.5. The van der Waals surface area contributed by atoms with Gasteiger partial charge in [-0.15, -0.1) is 0 Å². The number of aromatic carboxylic acids is 1. The third kappa shape index (κ3) is 5.72. The number of aromatic nitrogens is 1. The standard InChI is InChI=1S/C20H19NO2.C7H8ClN/c1-20(2,3)14-10-8-13(9-11-14)18-12-16(19(22)23)15-6-4-5-7-17(15)21-18;8-7-3-1-6(5-9)2-4-7/h4-12H,1-3H3,(H,22,23);1-4H,5,9H2. The molecule has 0 amide bonds. The van der Waals surface area contributed by atoms with Crippen LogP contribution in [0, 0.1) is 0 Å². The number of hydrogen-bond acceptors (Lipinski definition) is 3. The largest absolute Gasteiger partial charge is 0.478 e. The van der Waals surface area contributed by atoms with Crippen LogP contribution in [0.1, 0.15) is 42.3 Å². The van der Waals surface area contributed by atoms with Crippen LogP contribution in [0.15, 0.2) is 78.9 Å². The maximum Gasteiger partial charge on any atom is 0.336 e. The topological polar surface area (TPSA) is 76.2 Å². The smallest absolute Gasteiger partial charge is 0.336 e. The Bertz CT molecular complexity index is 1210. The van der Waals surface area contributed by atoms with Gasteiger partial charge in [0.2, 0.25) is 0 Å². The number of pyridine rings is 1. The van der Waals surface area contributed by atoms with Gasteiger partial charge in [-0.25, -0.2) is 9.78 Å².